The van der Waals surface area contributed by atoms with Crippen molar-refractivity contribution in [3.8, 4) is 0 Å². The third kappa shape index (κ3) is 2.88. The molecule has 19 heavy (non-hydrogen) atoms. The maximum atomic E-state index is 11.8. The molecule has 0 saturated carbocycles. The van der Waals surface area contributed by atoms with Crippen molar-refractivity contribution in [2.75, 3.05) is 18.1 Å². The minimum atomic E-state index is -0.495. The number of nitrogens with two attached hydrogens (primary N) is 1. The first kappa shape index (κ1) is 13.8. The van der Waals surface area contributed by atoms with E-state index in [1.807, 2.05) is 0 Å². The average molecular weight is 283 g/mol. The standard InChI is InChI=1S/C13H15ClN2O3/c1-2-19-13(18)10-6-9(3-4-11(10)14)16-7-8(15)5-12(16)17/h3-4,6,8H,2,5,7,15H2,1H3. The Morgan fingerprint density at radius 3 is 2.89 bits per heavy atom. The molecule has 0 radical (unpaired) electrons. The van der Waals surface area contributed by atoms with Crippen LogP contribution in [0.25, 0.3) is 0 Å². The van der Waals surface area contributed by atoms with Crippen LogP contribution < -0.4 is 10.6 Å². The van der Waals surface area contributed by atoms with Gasteiger partial charge in [-0.05, 0) is 25.1 Å². The van der Waals surface area contributed by atoms with Gasteiger partial charge in [0.2, 0.25) is 5.91 Å². The zero-order valence-electron chi connectivity index (χ0n) is 10.6. The summed E-state index contributed by atoms with van der Waals surface area (Å²) in [6.45, 7) is 2.44. The highest BCUT2D eigenvalue weighted by Gasteiger charge is 2.28. The predicted molar refractivity (Wildman–Crippen MR) is 72.4 cm³/mol. The normalized spacial score (nSPS) is 18.8. The summed E-state index contributed by atoms with van der Waals surface area (Å²) in [5.41, 5.74) is 6.62. The first-order chi connectivity index (χ1) is 9.02. The molecule has 6 heteroatoms. The number of carbonyl (C=O) groups is 2. The van der Waals surface area contributed by atoms with E-state index in [1.54, 1.807) is 30.0 Å². The highest BCUT2D eigenvalue weighted by molar-refractivity contribution is 6.33. The van der Waals surface area contributed by atoms with Crippen LogP contribution in [0.2, 0.25) is 5.02 Å². The third-order valence-electron chi connectivity index (χ3n) is 2.91. The topological polar surface area (TPSA) is 72.6 Å². The lowest BCUT2D eigenvalue weighted by Gasteiger charge is -2.17. The molecule has 1 aliphatic heterocycles. The fourth-order valence-corrected chi connectivity index (χ4v) is 2.23. The lowest BCUT2D eigenvalue weighted by atomic mass is 10.2. The molecule has 1 saturated heterocycles. The number of amides is 1. The number of anilines is 1. The van der Waals surface area contributed by atoms with Gasteiger partial charge < -0.3 is 15.4 Å². The van der Waals surface area contributed by atoms with Crippen LogP contribution in [0.1, 0.15) is 23.7 Å². The van der Waals surface area contributed by atoms with E-state index in [9.17, 15) is 9.59 Å². The Morgan fingerprint density at radius 1 is 1.58 bits per heavy atom. The van der Waals surface area contributed by atoms with E-state index >= 15 is 0 Å². The van der Waals surface area contributed by atoms with Gasteiger partial charge in [0.1, 0.15) is 0 Å². The van der Waals surface area contributed by atoms with Gasteiger partial charge in [-0.25, -0.2) is 4.79 Å². The number of carbonyl (C=O) groups excluding carboxylic acids is 2. The molecule has 0 spiro atoms. The maximum absolute atomic E-state index is 11.8. The van der Waals surface area contributed by atoms with Gasteiger partial charge in [-0.1, -0.05) is 11.6 Å². The summed E-state index contributed by atoms with van der Waals surface area (Å²) >= 11 is 5.97. The van der Waals surface area contributed by atoms with Crippen molar-refractivity contribution in [1.29, 1.82) is 0 Å². The molecular formula is C13H15ClN2O3. The molecule has 102 valence electrons. The van der Waals surface area contributed by atoms with Gasteiger partial charge in [-0.15, -0.1) is 0 Å². The molecule has 1 aromatic rings. The zero-order valence-corrected chi connectivity index (χ0v) is 11.3. The monoisotopic (exact) mass is 282 g/mol. The van der Waals surface area contributed by atoms with Crippen LogP contribution in [0.4, 0.5) is 5.69 Å². The van der Waals surface area contributed by atoms with Crippen molar-refractivity contribution < 1.29 is 14.3 Å². The number of rotatable bonds is 3. The number of hydrogen-bond acceptors (Lipinski definition) is 4. The van der Waals surface area contributed by atoms with E-state index in [0.717, 1.165) is 0 Å². The number of nitrogens with zero attached hydrogens (tertiary/aromatic N) is 1. The molecule has 5 nitrogen and oxygen atoms in total. The van der Waals surface area contributed by atoms with Crippen molar-refractivity contribution in [3.05, 3.63) is 28.8 Å². The highest BCUT2D eigenvalue weighted by atomic mass is 35.5. The largest absolute Gasteiger partial charge is 0.462 e. The molecule has 2 rings (SSSR count). The Bertz CT molecular complexity index is 519. The van der Waals surface area contributed by atoms with Crippen LogP contribution in [-0.4, -0.2) is 31.1 Å². The number of halogens is 1. The van der Waals surface area contributed by atoms with Crippen molar-refractivity contribution in [2.45, 2.75) is 19.4 Å². The lowest BCUT2D eigenvalue weighted by Crippen LogP contribution is -2.28. The van der Waals surface area contributed by atoms with Gasteiger partial charge in [0.15, 0.2) is 0 Å². The second-order valence-electron chi connectivity index (χ2n) is 4.35. The van der Waals surface area contributed by atoms with Crippen LogP contribution in [0, 0.1) is 0 Å². The van der Waals surface area contributed by atoms with Gasteiger partial charge in [-0.2, -0.15) is 0 Å². The molecule has 0 aliphatic carbocycles. The summed E-state index contributed by atoms with van der Waals surface area (Å²) in [5, 5.41) is 0.304. The smallest absolute Gasteiger partial charge is 0.339 e. The SMILES string of the molecule is CCOC(=O)c1cc(N2CC(N)CC2=O)ccc1Cl. The van der Waals surface area contributed by atoms with Crippen LogP contribution >= 0.6 is 11.6 Å². The third-order valence-corrected chi connectivity index (χ3v) is 3.24. The van der Waals surface area contributed by atoms with Crippen LogP contribution in [0.5, 0.6) is 0 Å². The van der Waals surface area contributed by atoms with Gasteiger partial charge in [0.05, 0.1) is 17.2 Å². The van der Waals surface area contributed by atoms with E-state index in [2.05, 4.69) is 0 Å². The molecule has 1 amide bonds. The quantitative estimate of drug-likeness (QED) is 0.855. The Balaban J connectivity index is 2.31. The molecular weight excluding hydrogens is 268 g/mol. The first-order valence-electron chi connectivity index (χ1n) is 6.05. The molecule has 0 aromatic heterocycles. The van der Waals surface area contributed by atoms with E-state index in [4.69, 9.17) is 22.1 Å². The van der Waals surface area contributed by atoms with Gasteiger partial charge in [0, 0.05) is 24.7 Å². The number of ether oxygens (including phenoxy) is 1. The van der Waals surface area contributed by atoms with Crippen molar-refractivity contribution in [2.24, 2.45) is 5.73 Å². The van der Waals surface area contributed by atoms with Gasteiger partial charge in [-0.3, -0.25) is 4.79 Å². The average Bonchev–Trinajstić information content (AvgIpc) is 2.69. The summed E-state index contributed by atoms with van der Waals surface area (Å²) in [7, 11) is 0. The number of hydrogen-bond donors (Lipinski definition) is 1. The van der Waals surface area contributed by atoms with Crippen LogP contribution in [-0.2, 0) is 9.53 Å². The van der Waals surface area contributed by atoms with Crippen molar-refractivity contribution in [1.82, 2.24) is 0 Å². The highest BCUT2D eigenvalue weighted by Crippen LogP contribution is 2.26. The minimum Gasteiger partial charge on any atom is -0.462 e. The summed E-state index contributed by atoms with van der Waals surface area (Å²) in [4.78, 5) is 25.1. The van der Waals surface area contributed by atoms with Crippen molar-refractivity contribution in [3.63, 3.8) is 0 Å². The summed E-state index contributed by atoms with van der Waals surface area (Å²) in [5.74, 6) is -0.546. The molecule has 1 atom stereocenters. The van der Waals surface area contributed by atoms with Crippen molar-refractivity contribution >= 4 is 29.2 Å². The molecule has 1 aliphatic rings. The molecule has 1 aromatic carbocycles. The molecule has 1 unspecified atom stereocenters. The summed E-state index contributed by atoms with van der Waals surface area (Å²) in [6, 6.07) is 4.67. The van der Waals surface area contributed by atoms with Crippen LogP contribution in [0.15, 0.2) is 18.2 Å². The molecule has 1 fully saturated rings. The van der Waals surface area contributed by atoms with E-state index in [0.29, 0.717) is 23.7 Å². The second kappa shape index (κ2) is 5.59. The Kier molecular flexibility index (Phi) is 4.07. The minimum absolute atomic E-state index is 0.0513. The van der Waals surface area contributed by atoms with Gasteiger partial charge in [0.25, 0.3) is 0 Å². The fraction of sp³-hybridized carbons (Fsp3) is 0.385. The summed E-state index contributed by atoms with van der Waals surface area (Å²) in [6.07, 6.45) is 0.317. The van der Waals surface area contributed by atoms with Crippen LogP contribution in [0.3, 0.4) is 0 Å². The summed E-state index contributed by atoms with van der Waals surface area (Å²) < 4.78 is 4.92. The zero-order chi connectivity index (χ0) is 14.0. The fourth-order valence-electron chi connectivity index (χ4n) is 2.03. The van der Waals surface area contributed by atoms with E-state index < -0.39 is 5.97 Å². The Hall–Kier alpha value is -1.59. The Labute approximate surface area is 116 Å². The molecule has 0 bridgehead atoms. The lowest BCUT2D eigenvalue weighted by molar-refractivity contribution is -0.117. The first-order valence-corrected chi connectivity index (χ1v) is 6.43. The van der Waals surface area contributed by atoms with E-state index in [1.165, 1.54) is 0 Å². The Morgan fingerprint density at radius 2 is 2.32 bits per heavy atom. The number of benzene rings is 1. The molecule has 2 N–H and O–H groups in total. The maximum Gasteiger partial charge on any atom is 0.339 e. The molecule has 1 heterocycles. The number of esters is 1. The van der Waals surface area contributed by atoms with E-state index in [-0.39, 0.29) is 24.1 Å². The van der Waals surface area contributed by atoms with Gasteiger partial charge >= 0.3 is 5.97 Å². The second-order valence-corrected chi connectivity index (χ2v) is 4.76. The predicted octanol–water partition coefficient (Wildman–Crippen LogP) is 1.58.